The van der Waals surface area contributed by atoms with Crippen LogP contribution in [0.5, 0.6) is 0 Å². The van der Waals surface area contributed by atoms with Gasteiger partial charge < -0.3 is 8.83 Å². The predicted molar refractivity (Wildman–Crippen MR) is 62.3 cm³/mol. The topological polar surface area (TPSA) is 51.0 Å². The third-order valence-electron chi connectivity index (χ3n) is 1.88. The Morgan fingerprint density at radius 2 is 1.38 bits per heavy atom. The maximum Gasteiger partial charge on any atom is 0.144 e. The van der Waals surface area contributed by atoms with Crippen molar-refractivity contribution in [1.29, 1.82) is 0 Å². The van der Waals surface area contributed by atoms with E-state index in [4.69, 9.17) is 8.83 Å². The lowest BCUT2D eigenvalue weighted by Gasteiger charge is -1.87. The van der Waals surface area contributed by atoms with Gasteiger partial charge in [0, 0.05) is 0 Å². The van der Waals surface area contributed by atoms with Crippen LogP contribution in [0.4, 0.5) is 0 Å². The number of hydrogen-bond acceptors (Lipinski definition) is 4. The van der Waals surface area contributed by atoms with E-state index in [-0.39, 0.29) is 0 Å². The van der Waals surface area contributed by atoms with Gasteiger partial charge in [0.05, 0.1) is 38.0 Å². The van der Waals surface area contributed by atoms with Gasteiger partial charge in [-0.05, 0) is 24.3 Å². The monoisotopic (exact) mass is 216 g/mol. The fourth-order valence-electron chi connectivity index (χ4n) is 1.15. The van der Waals surface area contributed by atoms with E-state index in [1.807, 2.05) is 24.3 Å². The van der Waals surface area contributed by atoms with E-state index in [0.29, 0.717) is 13.1 Å². The zero-order chi connectivity index (χ0) is 11.1. The second kappa shape index (κ2) is 5.70. The Morgan fingerprint density at radius 1 is 0.875 bits per heavy atom. The lowest BCUT2D eigenvalue weighted by Crippen LogP contribution is -1.88. The molecule has 2 aromatic heterocycles. The number of furan rings is 2. The van der Waals surface area contributed by atoms with Gasteiger partial charge in [-0.1, -0.05) is 0 Å². The minimum atomic E-state index is 0.637. The van der Waals surface area contributed by atoms with Crippen LogP contribution in [0.2, 0.25) is 0 Å². The average Bonchev–Trinajstić information content (AvgIpc) is 2.96. The predicted octanol–water partition coefficient (Wildman–Crippen LogP) is 2.41. The number of hydrogen-bond donors (Lipinski definition) is 0. The second-order valence-electron chi connectivity index (χ2n) is 3.10. The Bertz CT molecular complexity index is 397. The molecular weight excluding hydrogens is 204 g/mol. The van der Waals surface area contributed by atoms with Gasteiger partial charge in [-0.3, -0.25) is 9.98 Å². The van der Waals surface area contributed by atoms with E-state index in [0.717, 1.165) is 11.5 Å². The smallest absolute Gasteiger partial charge is 0.144 e. The van der Waals surface area contributed by atoms with Crippen molar-refractivity contribution in [3.05, 3.63) is 48.3 Å². The minimum absolute atomic E-state index is 0.637. The van der Waals surface area contributed by atoms with Crippen LogP contribution >= 0.6 is 0 Å². The molecule has 0 fully saturated rings. The molecule has 4 heteroatoms. The highest BCUT2D eigenvalue weighted by Crippen LogP contribution is 1.96. The molecule has 0 atom stereocenters. The molecule has 0 saturated heterocycles. The summed E-state index contributed by atoms with van der Waals surface area (Å²) in [5.74, 6) is 1.52. The van der Waals surface area contributed by atoms with Crippen LogP contribution in [0.25, 0.3) is 0 Å². The third kappa shape index (κ3) is 3.24. The van der Waals surface area contributed by atoms with Gasteiger partial charge >= 0.3 is 0 Å². The molecule has 2 aromatic rings. The molecule has 0 radical (unpaired) electrons. The Morgan fingerprint density at radius 3 is 1.75 bits per heavy atom. The molecule has 0 spiro atoms. The molecule has 2 rings (SSSR count). The van der Waals surface area contributed by atoms with E-state index in [2.05, 4.69) is 9.98 Å². The fourth-order valence-corrected chi connectivity index (χ4v) is 1.15. The van der Waals surface area contributed by atoms with Gasteiger partial charge in [0.15, 0.2) is 0 Å². The Kier molecular flexibility index (Phi) is 3.71. The second-order valence-corrected chi connectivity index (χ2v) is 3.10. The normalized spacial score (nSPS) is 11.8. The average molecular weight is 216 g/mol. The van der Waals surface area contributed by atoms with E-state index in [9.17, 15) is 0 Å². The van der Waals surface area contributed by atoms with Crippen molar-refractivity contribution in [3.8, 4) is 0 Å². The van der Waals surface area contributed by atoms with Gasteiger partial charge in [-0.2, -0.15) is 0 Å². The van der Waals surface area contributed by atoms with Crippen LogP contribution in [0.1, 0.15) is 11.5 Å². The van der Waals surface area contributed by atoms with Crippen molar-refractivity contribution in [3.63, 3.8) is 0 Å². The first kappa shape index (κ1) is 10.4. The molecule has 4 nitrogen and oxygen atoms in total. The number of rotatable bonds is 5. The zero-order valence-corrected chi connectivity index (χ0v) is 8.74. The van der Waals surface area contributed by atoms with Gasteiger partial charge in [0.1, 0.15) is 11.5 Å². The molecule has 0 bridgehead atoms. The quantitative estimate of drug-likeness (QED) is 0.569. The van der Waals surface area contributed by atoms with E-state index < -0.39 is 0 Å². The van der Waals surface area contributed by atoms with Crippen LogP contribution in [0, 0.1) is 0 Å². The summed E-state index contributed by atoms with van der Waals surface area (Å²) < 4.78 is 10.2. The van der Waals surface area contributed by atoms with Crippen molar-refractivity contribution in [1.82, 2.24) is 0 Å². The van der Waals surface area contributed by atoms with Crippen molar-refractivity contribution >= 4 is 12.4 Å². The summed E-state index contributed by atoms with van der Waals surface area (Å²) in [5, 5.41) is 0. The molecule has 0 aliphatic carbocycles. The maximum atomic E-state index is 5.10. The molecule has 0 aliphatic heterocycles. The van der Waals surface area contributed by atoms with Crippen LogP contribution < -0.4 is 0 Å². The van der Waals surface area contributed by atoms with Gasteiger partial charge in [-0.25, -0.2) is 0 Å². The SMILES string of the molecule is C(=NCCN=Cc1ccco1)c1ccco1. The molecule has 82 valence electrons. The summed E-state index contributed by atoms with van der Waals surface area (Å²) in [4.78, 5) is 8.34. The Hall–Kier alpha value is -2.10. The van der Waals surface area contributed by atoms with Crippen LogP contribution in [-0.4, -0.2) is 25.5 Å². The summed E-state index contributed by atoms with van der Waals surface area (Å²) in [5.41, 5.74) is 0. The van der Waals surface area contributed by atoms with Crippen molar-refractivity contribution in [2.75, 3.05) is 13.1 Å². The first-order valence-corrected chi connectivity index (χ1v) is 5.02. The first-order chi connectivity index (χ1) is 7.95. The highest BCUT2D eigenvalue weighted by atomic mass is 16.3. The molecule has 0 N–H and O–H groups in total. The Balaban J connectivity index is 1.69. The maximum absolute atomic E-state index is 5.10. The minimum Gasteiger partial charge on any atom is -0.463 e. The Labute approximate surface area is 93.3 Å². The van der Waals surface area contributed by atoms with E-state index in [1.165, 1.54) is 0 Å². The molecule has 0 aromatic carbocycles. The van der Waals surface area contributed by atoms with Crippen molar-refractivity contribution < 1.29 is 8.83 Å². The first-order valence-electron chi connectivity index (χ1n) is 5.02. The standard InChI is InChI=1S/C12H12N2O2/c1-3-11(15-7-1)9-13-5-6-14-10-12-4-2-8-16-12/h1-4,7-10H,5-6H2. The van der Waals surface area contributed by atoms with Gasteiger partial charge in [0.25, 0.3) is 0 Å². The summed E-state index contributed by atoms with van der Waals surface area (Å²) in [7, 11) is 0. The molecule has 0 unspecified atom stereocenters. The van der Waals surface area contributed by atoms with Crippen molar-refractivity contribution in [2.45, 2.75) is 0 Å². The number of aliphatic imine (C=N–C) groups is 2. The molecule has 0 amide bonds. The number of nitrogens with zero attached hydrogens (tertiary/aromatic N) is 2. The molecule has 0 aliphatic rings. The van der Waals surface area contributed by atoms with Gasteiger partial charge in [0.2, 0.25) is 0 Å². The highest BCUT2D eigenvalue weighted by Gasteiger charge is 1.88. The highest BCUT2D eigenvalue weighted by molar-refractivity contribution is 5.76. The summed E-state index contributed by atoms with van der Waals surface area (Å²) >= 11 is 0. The lowest BCUT2D eigenvalue weighted by molar-refractivity contribution is 0.559. The van der Waals surface area contributed by atoms with E-state index >= 15 is 0 Å². The summed E-state index contributed by atoms with van der Waals surface area (Å²) in [6, 6.07) is 7.37. The van der Waals surface area contributed by atoms with Crippen LogP contribution in [0.3, 0.4) is 0 Å². The van der Waals surface area contributed by atoms with Gasteiger partial charge in [-0.15, -0.1) is 0 Å². The zero-order valence-electron chi connectivity index (χ0n) is 8.74. The fraction of sp³-hybridized carbons (Fsp3) is 0.167. The van der Waals surface area contributed by atoms with E-state index in [1.54, 1.807) is 25.0 Å². The molecule has 2 heterocycles. The molecular formula is C12H12N2O2. The summed E-state index contributed by atoms with van der Waals surface area (Å²) in [6.45, 7) is 1.27. The third-order valence-corrected chi connectivity index (χ3v) is 1.88. The van der Waals surface area contributed by atoms with Crippen LogP contribution in [-0.2, 0) is 0 Å². The summed E-state index contributed by atoms with van der Waals surface area (Å²) in [6.07, 6.45) is 6.64. The largest absolute Gasteiger partial charge is 0.463 e. The van der Waals surface area contributed by atoms with Crippen LogP contribution in [0.15, 0.2) is 55.6 Å². The lowest BCUT2D eigenvalue weighted by atomic mass is 10.5. The molecule has 16 heavy (non-hydrogen) atoms. The van der Waals surface area contributed by atoms with Crippen molar-refractivity contribution in [2.24, 2.45) is 9.98 Å². The molecule has 0 saturated carbocycles.